The Morgan fingerprint density at radius 3 is 2.74 bits per heavy atom. The molecular weight excluding hydrogens is 258 g/mol. The maximum atomic E-state index is 4.36. The molecule has 5 nitrogen and oxygen atoms in total. The highest BCUT2D eigenvalue weighted by Crippen LogP contribution is 2.30. The van der Waals surface area contributed by atoms with E-state index in [1.807, 2.05) is 10.9 Å². The van der Waals surface area contributed by atoms with Crippen LogP contribution in [0.5, 0.6) is 0 Å². The van der Waals surface area contributed by atoms with Crippen LogP contribution >= 0.6 is 11.5 Å². The Kier molecular flexibility index (Phi) is 4.66. The molecule has 6 heteroatoms. The lowest BCUT2D eigenvalue weighted by Crippen LogP contribution is -2.22. The van der Waals surface area contributed by atoms with E-state index in [4.69, 9.17) is 0 Å². The number of hydrogen-bond donors (Lipinski definition) is 1. The normalized spacial score (nSPS) is 13.1. The van der Waals surface area contributed by atoms with Gasteiger partial charge < -0.3 is 5.32 Å². The van der Waals surface area contributed by atoms with Gasteiger partial charge in [0.1, 0.15) is 0 Å². The summed E-state index contributed by atoms with van der Waals surface area (Å²) in [5, 5.41) is 12.1. The minimum absolute atomic E-state index is 0.141. The molecule has 104 valence electrons. The van der Waals surface area contributed by atoms with Gasteiger partial charge >= 0.3 is 0 Å². The predicted octanol–water partition coefficient (Wildman–Crippen LogP) is 2.58. The van der Waals surface area contributed by atoms with Gasteiger partial charge in [-0.05, 0) is 30.9 Å². The summed E-state index contributed by atoms with van der Waals surface area (Å²) < 4.78 is 6.07. The van der Waals surface area contributed by atoms with Crippen LogP contribution in [0.15, 0.2) is 12.4 Å². The summed E-state index contributed by atoms with van der Waals surface area (Å²) in [6, 6.07) is 0.141. The van der Waals surface area contributed by atoms with E-state index in [9.17, 15) is 0 Å². The number of aryl methyl sites for hydroxylation is 1. The molecule has 1 unspecified atom stereocenters. The Morgan fingerprint density at radius 1 is 1.37 bits per heavy atom. The van der Waals surface area contributed by atoms with Gasteiger partial charge in [-0.15, -0.1) is 5.10 Å². The molecule has 0 aliphatic heterocycles. The van der Waals surface area contributed by atoms with Crippen molar-refractivity contribution < 1.29 is 0 Å². The molecule has 0 bridgehead atoms. The molecule has 0 aliphatic rings. The molecule has 0 spiro atoms. The maximum Gasteiger partial charge on any atom is 0.0832 e. The van der Waals surface area contributed by atoms with Crippen LogP contribution in [0.3, 0.4) is 0 Å². The van der Waals surface area contributed by atoms with Gasteiger partial charge in [-0.3, -0.25) is 4.68 Å². The van der Waals surface area contributed by atoms with Crippen LogP contribution < -0.4 is 5.32 Å². The van der Waals surface area contributed by atoms with Gasteiger partial charge in [0.15, 0.2) is 0 Å². The topological polar surface area (TPSA) is 55.6 Å². The highest BCUT2D eigenvalue weighted by Gasteiger charge is 2.23. The summed E-state index contributed by atoms with van der Waals surface area (Å²) in [5.74, 6) is 0.385. The van der Waals surface area contributed by atoms with Crippen molar-refractivity contribution in [3.63, 3.8) is 0 Å². The van der Waals surface area contributed by atoms with Crippen LogP contribution in [0.25, 0.3) is 0 Å². The second-order valence-corrected chi connectivity index (χ2v) is 5.58. The van der Waals surface area contributed by atoms with E-state index in [0.29, 0.717) is 5.92 Å². The second-order valence-electron chi connectivity index (χ2n) is 4.80. The fraction of sp³-hybridized carbons (Fsp3) is 0.615. The first-order chi connectivity index (χ1) is 9.17. The summed E-state index contributed by atoms with van der Waals surface area (Å²) in [6.45, 7) is 10.3. The quantitative estimate of drug-likeness (QED) is 0.883. The lowest BCUT2D eigenvalue weighted by Gasteiger charge is -2.16. The maximum absolute atomic E-state index is 4.36. The molecule has 1 N–H and O–H groups in total. The Hall–Kier alpha value is -1.27. The molecule has 0 radical (unpaired) electrons. The summed E-state index contributed by atoms with van der Waals surface area (Å²) in [5.41, 5.74) is 2.26. The van der Waals surface area contributed by atoms with Gasteiger partial charge in [-0.25, -0.2) is 0 Å². The van der Waals surface area contributed by atoms with E-state index in [-0.39, 0.29) is 6.04 Å². The molecule has 0 aliphatic carbocycles. The molecule has 0 amide bonds. The smallest absolute Gasteiger partial charge is 0.0832 e. The van der Waals surface area contributed by atoms with Crippen molar-refractivity contribution in [2.75, 3.05) is 6.54 Å². The van der Waals surface area contributed by atoms with E-state index >= 15 is 0 Å². The minimum Gasteiger partial charge on any atom is -0.306 e. The lowest BCUT2D eigenvalue weighted by molar-refractivity contribution is 0.621. The zero-order valence-corrected chi connectivity index (χ0v) is 12.7. The molecule has 1 atom stereocenters. The van der Waals surface area contributed by atoms with Gasteiger partial charge in [0.2, 0.25) is 0 Å². The van der Waals surface area contributed by atoms with Crippen LogP contribution in [0.1, 0.15) is 55.8 Å². The van der Waals surface area contributed by atoms with E-state index in [1.54, 1.807) is 0 Å². The average molecular weight is 279 g/mol. The van der Waals surface area contributed by atoms with E-state index in [0.717, 1.165) is 18.8 Å². The Bertz CT molecular complexity index is 517. The van der Waals surface area contributed by atoms with Crippen molar-refractivity contribution in [1.82, 2.24) is 24.7 Å². The largest absolute Gasteiger partial charge is 0.306 e. The van der Waals surface area contributed by atoms with Crippen molar-refractivity contribution >= 4 is 11.5 Å². The van der Waals surface area contributed by atoms with E-state index in [2.05, 4.69) is 53.9 Å². The lowest BCUT2D eigenvalue weighted by atomic mass is 10.0. The molecule has 2 heterocycles. The predicted molar refractivity (Wildman–Crippen MR) is 77.4 cm³/mol. The third kappa shape index (κ3) is 3.01. The highest BCUT2D eigenvalue weighted by molar-refractivity contribution is 7.05. The molecule has 19 heavy (non-hydrogen) atoms. The first-order valence-electron chi connectivity index (χ1n) is 6.75. The monoisotopic (exact) mass is 279 g/mol. The van der Waals surface area contributed by atoms with Crippen LogP contribution in [0.2, 0.25) is 0 Å². The van der Waals surface area contributed by atoms with Crippen LogP contribution in [-0.4, -0.2) is 25.9 Å². The molecule has 0 saturated heterocycles. The SMILES string of the molecule is CCNC(c1cnn(CC)c1)c1snnc1C(C)C. The molecule has 2 rings (SSSR count). The third-order valence-corrected chi connectivity index (χ3v) is 3.87. The Balaban J connectivity index is 2.36. The Labute approximate surface area is 118 Å². The number of hydrogen-bond acceptors (Lipinski definition) is 5. The Morgan fingerprint density at radius 2 is 2.16 bits per heavy atom. The summed E-state index contributed by atoms with van der Waals surface area (Å²) in [4.78, 5) is 1.20. The molecular formula is C13H21N5S. The molecule has 2 aromatic rings. The summed E-state index contributed by atoms with van der Waals surface area (Å²) in [7, 11) is 0. The fourth-order valence-corrected chi connectivity index (χ4v) is 2.98. The molecule has 0 saturated carbocycles. The first-order valence-corrected chi connectivity index (χ1v) is 7.52. The zero-order chi connectivity index (χ0) is 13.8. The minimum atomic E-state index is 0.141. The van der Waals surface area contributed by atoms with Crippen molar-refractivity contribution in [3.05, 3.63) is 28.5 Å². The fourth-order valence-electron chi connectivity index (χ4n) is 2.07. The number of rotatable bonds is 6. The second kappa shape index (κ2) is 6.25. The van der Waals surface area contributed by atoms with E-state index in [1.165, 1.54) is 22.0 Å². The standard InChI is InChI=1S/C13H21N5S/c1-5-14-12(10-7-15-18(6-2)8-10)13-11(9(3)4)16-17-19-13/h7-9,12,14H,5-6H2,1-4H3. The number of aromatic nitrogens is 4. The van der Waals surface area contributed by atoms with Crippen LogP contribution in [0.4, 0.5) is 0 Å². The number of nitrogens with zero attached hydrogens (tertiary/aromatic N) is 4. The van der Waals surface area contributed by atoms with Crippen molar-refractivity contribution in [2.45, 2.75) is 46.2 Å². The average Bonchev–Trinajstić information content (AvgIpc) is 3.04. The van der Waals surface area contributed by atoms with Crippen molar-refractivity contribution in [3.8, 4) is 0 Å². The third-order valence-electron chi connectivity index (χ3n) is 3.07. The van der Waals surface area contributed by atoms with Gasteiger partial charge in [-0.2, -0.15) is 5.10 Å². The summed E-state index contributed by atoms with van der Waals surface area (Å²) in [6.07, 6.45) is 4.03. The van der Waals surface area contributed by atoms with Gasteiger partial charge in [-0.1, -0.05) is 25.3 Å². The number of nitrogens with one attached hydrogen (secondary N) is 1. The van der Waals surface area contributed by atoms with Crippen molar-refractivity contribution in [1.29, 1.82) is 0 Å². The molecule has 0 aromatic carbocycles. The van der Waals surface area contributed by atoms with Crippen molar-refractivity contribution in [2.24, 2.45) is 0 Å². The highest BCUT2D eigenvalue weighted by atomic mass is 32.1. The van der Waals surface area contributed by atoms with E-state index < -0.39 is 0 Å². The van der Waals surface area contributed by atoms with Gasteiger partial charge in [0, 0.05) is 18.3 Å². The molecule has 0 fully saturated rings. The summed E-state index contributed by atoms with van der Waals surface area (Å²) >= 11 is 1.48. The first kappa shape index (κ1) is 14.1. The molecule has 2 aromatic heterocycles. The van der Waals surface area contributed by atoms with Crippen LogP contribution in [-0.2, 0) is 6.54 Å². The van der Waals surface area contributed by atoms with Gasteiger partial charge in [0.25, 0.3) is 0 Å². The zero-order valence-electron chi connectivity index (χ0n) is 11.9. The van der Waals surface area contributed by atoms with Gasteiger partial charge in [0.05, 0.1) is 22.8 Å². The van der Waals surface area contributed by atoms with Crippen LogP contribution in [0, 0.1) is 0 Å².